The molecular formula is C15H20N2O. The highest BCUT2D eigenvalue weighted by molar-refractivity contribution is 5.27. The Kier molecular flexibility index (Phi) is 3.82. The zero-order valence-corrected chi connectivity index (χ0v) is 11.2. The van der Waals surface area contributed by atoms with Gasteiger partial charge in [0.25, 0.3) is 0 Å². The number of aliphatic hydroxyl groups is 1. The molecule has 0 fully saturated rings. The minimum absolute atomic E-state index is 0.139. The number of benzene rings is 1. The Morgan fingerprint density at radius 3 is 2.61 bits per heavy atom. The van der Waals surface area contributed by atoms with Crippen LogP contribution in [0.15, 0.2) is 30.3 Å². The van der Waals surface area contributed by atoms with Gasteiger partial charge in [0.15, 0.2) is 0 Å². The van der Waals surface area contributed by atoms with Crippen molar-refractivity contribution in [2.75, 3.05) is 6.61 Å². The van der Waals surface area contributed by atoms with Gasteiger partial charge >= 0.3 is 0 Å². The second kappa shape index (κ2) is 5.36. The van der Waals surface area contributed by atoms with Crippen molar-refractivity contribution in [3.8, 4) is 0 Å². The Hall–Kier alpha value is -1.61. The minimum atomic E-state index is 0.139. The van der Waals surface area contributed by atoms with Gasteiger partial charge in [0.1, 0.15) is 0 Å². The zero-order valence-electron chi connectivity index (χ0n) is 11.2. The van der Waals surface area contributed by atoms with Gasteiger partial charge in [-0.25, -0.2) is 0 Å². The van der Waals surface area contributed by atoms with Crippen LogP contribution in [-0.2, 0) is 13.5 Å². The molecule has 0 spiro atoms. The maximum absolute atomic E-state index is 9.60. The van der Waals surface area contributed by atoms with Gasteiger partial charge in [-0.15, -0.1) is 0 Å². The maximum Gasteiger partial charge on any atom is 0.0596 e. The van der Waals surface area contributed by atoms with Crippen LogP contribution in [0, 0.1) is 13.8 Å². The van der Waals surface area contributed by atoms with Crippen LogP contribution in [0.3, 0.4) is 0 Å². The summed E-state index contributed by atoms with van der Waals surface area (Å²) in [5.41, 5.74) is 4.60. The molecule has 1 aromatic carbocycles. The summed E-state index contributed by atoms with van der Waals surface area (Å²) in [6, 6.07) is 10.4. The number of hydrogen-bond donors (Lipinski definition) is 1. The second-order valence-corrected chi connectivity index (χ2v) is 4.90. The average Bonchev–Trinajstić information content (AvgIpc) is 2.64. The molecule has 3 heteroatoms. The molecule has 2 aromatic rings. The standard InChI is InChI=1S/C15H20N2O/c1-11-5-4-6-13(7-11)14(10-18)9-15-8-12(2)16-17(15)3/h4-8,14,18H,9-10H2,1-3H3. The Balaban J connectivity index is 2.22. The third-order valence-electron chi connectivity index (χ3n) is 3.29. The van der Waals surface area contributed by atoms with E-state index in [0.29, 0.717) is 0 Å². The Morgan fingerprint density at radius 2 is 2.06 bits per heavy atom. The molecule has 1 aromatic heterocycles. The van der Waals surface area contributed by atoms with Crippen molar-refractivity contribution in [3.05, 3.63) is 52.8 Å². The fourth-order valence-corrected chi connectivity index (χ4v) is 2.32. The van der Waals surface area contributed by atoms with Crippen LogP contribution in [0.5, 0.6) is 0 Å². The Labute approximate surface area is 108 Å². The van der Waals surface area contributed by atoms with Gasteiger partial charge in [-0.05, 0) is 31.9 Å². The lowest BCUT2D eigenvalue weighted by molar-refractivity contribution is 0.263. The number of hydrogen-bond acceptors (Lipinski definition) is 2. The summed E-state index contributed by atoms with van der Waals surface area (Å²) in [5, 5.41) is 13.9. The third kappa shape index (κ3) is 2.79. The monoisotopic (exact) mass is 244 g/mol. The van der Waals surface area contributed by atoms with Gasteiger partial charge in [-0.3, -0.25) is 4.68 Å². The van der Waals surface area contributed by atoms with E-state index >= 15 is 0 Å². The largest absolute Gasteiger partial charge is 0.396 e. The van der Waals surface area contributed by atoms with E-state index in [0.717, 1.165) is 17.8 Å². The van der Waals surface area contributed by atoms with Crippen molar-refractivity contribution >= 4 is 0 Å². The van der Waals surface area contributed by atoms with Crippen molar-refractivity contribution in [2.45, 2.75) is 26.2 Å². The molecule has 0 saturated heterocycles. The van der Waals surface area contributed by atoms with Crippen LogP contribution in [0.1, 0.15) is 28.4 Å². The first kappa shape index (κ1) is 12.8. The highest BCUT2D eigenvalue weighted by Crippen LogP contribution is 2.21. The molecule has 1 heterocycles. The summed E-state index contributed by atoms with van der Waals surface area (Å²) in [6.07, 6.45) is 0.817. The molecule has 0 saturated carbocycles. The molecular weight excluding hydrogens is 224 g/mol. The van der Waals surface area contributed by atoms with Crippen LogP contribution in [0.2, 0.25) is 0 Å². The summed E-state index contributed by atoms with van der Waals surface area (Å²) < 4.78 is 1.90. The number of aromatic nitrogens is 2. The highest BCUT2D eigenvalue weighted by atomic mass is 16.3. The van der Waals surface area contributed by atoms with E-state index in [4.69, 9.17) is 0 Å². The van der Waals surface area contributed by atoms with Crippen molar-refractivity contribution in [2.24, 2.45) is 7.05 Å². The lowest BCUT2D eigenvalue weighted by atomic mass is 9.94. The maximum atomic E-state index is 9.60. The van der Waals surface area contributed by atoms with Crippen molar-refractivity contribution < 1.29 is 5.11 Å². The van der Waals surface area contributed by atoms with E-state index in [9.17, 15) is 5.11 Å². The molecule has 96 valence electrons. The Bertz CT molecular complexity index is 531. The number of aryl methyl sites for hydroxylation is 3. The molecule has 0 aliphatic rings. The van der Waals surface area contributed by atoms with E-state index < -0.39 is 0 Å². The van der Waals surface area contributed by atoms with Gasteiger partial charge in [0.2, 0.25) is 0 Å². The third-order valence-corrected chi connectivity index (χ3v) is 3.29. The quantitative estimate of drug-likeness (QED) is 0.896. The molecule has 1 atom stereocenters. The number of rotatable bonds is 4. The normalized spacial score (nSPS) is 12.7. The van der Waals surface area contributed by atoms with Crippen LogP contribution in [-0.4, -0.2) is 21.5 Å². The van der Waals surface area contributed by atoms with E-state index in [1.54, 1.807) is 0 Å². The summed E-state index contributed by atoms with van der Waals surface area (Å²) in [6.45, 7) is 4.23. The molecule has 0 aliphatic heterocycles. The predicted octanol–water partition coefficient (Wildman–Crippen LogP) is 2.36. The number of nitrogens with zero attached hydrogens (tertiary/aromatic N) is 2. The van der Waals surface area contributed by atoms with Gasteiger partial charge in [-0.1, -0.05) is 29.8 Å². The van der Waals surface area contributed by atoms with Crippen molar-refractivity contribution in [3.63, 3.8) is 0 Å². The minimum Gasteiger partial charge on any atom is -0.396 e. The summed E-state index contributed by atoms with van der Waals surface area (Å²) >= 11 is 0. The van der Waals surface area contributed by atoms with Crippen LogP contribution < -0.4 is 0 Å². The molecule has 0 amide bonds. The van der Waals surface area contributed by atoms with E-state index in [1.807, 2.05) is 24.7 Å². The zero-order chi connectivity index (χ0) is 13.1. The molecule has 0 bridgehead atoms. The van der Waals surface area contributed by atoms with Crippen LogP contribution >= 0.6 is 0 Å². The lowest BCUT2D eigenvalue weighted by Crippen LogP contribution is -2.10. The van der Waals surface area contributed by atoms with Gasteiger partial charge in [-0.2, -0.15) is 5.10 Å². The Morgan fingerprint density at radius 1 is 1.28 bits per heavy atom. The van der Waals surface area contributed by atoms with Gasteiger partial charge in [0, 0.05) is 18.7 Å². The fraction of sp³-hybridized carbons (Fsp3) is 0.400. The van der Waals surface area contributed by atoms with Crippen LogP contribution in [0.25, 0.3) is 0 Å². The molecule has 1 N–H and O–H groups in total. The van der Waals surface area contributed by atoms with Crippen molar-refractivity contribution in [1.29, 1.82) is 0 Å². The SMILES string of the molecule is Cc1cccc(C(CO)Cc2cc(C)nn2C)c1. The summed E-state index contributed by atoms with van der Waals surface area (Å²) in [5.74, 6) is 0.139. The van der Waals surface area contributed by atoms with E-state index in [2.05, 4.69) is 36.3 Å². The highest BCUT2D eigenvalue weighted by Gasteiger charge is 2.14. The van der Waals surface area contributed by atoms with Gasteiger partial charge < -0.3 is 5.11 Å². The lowest BCUT2D eigenvalue weighted by Gasteiger charge is -2.15. The topological polar surface area (TPSA) is 38.1 Å². The fourth-order valence-electron chi connectivity index (χ4n) is 2.32. The molecule has 0 radical (unpaired) electrons. The first-order chi connectivity index (χ1) is 8.60. The molecule has 3 nitrogen and oxygen atoms in total. The summed E-state index contributed by atoms with van der Waals surface area (Å²) in [4.78, 5) is 0. The molecule has 1 unspecified atom stereocenters. The predicted molar refractivity (Wildman–Crippen MR) is 72.7 cm³/mol. The van der Waals surface area contributed by atoms with Gasteiger partial charge in [0.05, 0.1) is 12.3 Å². The first-order valence-electron chi connectivity index (χ1n) is 6.27. The smallest absolute Gasteiger partial charge is 0.0596 e. The molecule has 2 rings (SSSR count). The van der Waals surface area contributed by atoms with Crippen LogP contribution in [0.4, 0.5) is 0 Å². The van der Waals surface area contributed by atoms with Crippen molar-refractivity contribution in [1.82, 2.24) is 9.78 Å². The number of aliphatic hydroxyl groups excluding tert-OH is 1. The van der Waals surface area contributed by atoms with E-state index in [1.165, 1.54) is 11.1 Å². The summed E-state index contributed by atoms with van der Waals surface area (Å²) in [7, 11) is 1.95. The average molecular weight is 244 g/mol. The first-order valence-corrected chi connectivity index (χ1v) is 6.27. The molecule has 18 heavy (non-hydrogen) atoms. The second-order valence-electron chi connectivity index (χ2n) is 4.90. The van der Waals surface area contributed by atoms with E-state index in [-0.39, 0.29) is 12.5 Å². The molecule has 0 aliphatic carbocycles.